The van der Waals surface area contributed by atoms with Gasteiger partial charge in [-0.05, 0) is 60.1 Å². The molecule has 1 unspecified atom stereocenters. The number of Topliss-reactive ketones (excluding diaryl/α,β-unsaturated/α-hetero) is 1. The molecule has 0 N–H and O–H groups in total. The van der Waals surface area contributed by atoms with Crippen molar-refractivity contribution in [3.63, 3.8) is 0 Å². The largest absolute Gasteiger partial charge is 0.493 e. The summed E-state index contributed by atoms with van der Waals surface area (Å²) in [6, 6.07) is 5.63. The van der Waals surface area contributed by atoms with Gasteiger partial charge >= 0.3 is 5.97 Å². The van der Waals surface area contributed by atoms with Crippen LogP contribution in [0.1, 0.15) is 34.6 Å². The van der Waals surface area contributed by atoms with Crippen molar-refractivity contribution < 1.29 is 32.6 Å². The van der Waals surface area contributed by atoms with Gasteiger partial charge in [-0.2, -0.15) is 0 Å². The molecule has 2 rings (SSSR count). The van der Waals surface area contributed by atoms with Crippen molar-refractivity contribution in [1.82, 2.24) is 0 Å². The van der Waals surface area contributed by atoms with E-state index in [2.05, 4.69) is 15.9 Å². The van der Waals surface area contributed by atoms with Gasteiger partial charge in [0.1, 0.15) is 0 Å². The maximum Gasteiger partial charge on any atom is 0.339 e. The highest BCUT2D eigenvalue weighted by Crippen LogP contribution is 2.37. The first kappa shape index (κ1) is 20.8. The van der Waals surface area contributed by atoms with Crippen LogP contribution in [0.15, 0.2) is 34.8 Å². The number of benzene rings is 2. The molecule has 0 saturated heterocycles. The van der Waals surface area contributed by atoms with Crippen molar-refractivity contribution in [2.45, 2.75) is 20.0 Å². The second kappa shape index (κ2) is 8.94. The third-order valence-corrected chi connectivity index (χ3v) is 4.20. The molecule has 0 aromatic heterocycles. The molecule has 0 saturated carbocycles. The van der Waals surface area contributed by atoms with E-state index in [0.717, 1.165) is 18.2 Å². The number of rotatable bonds is 7. The van der Waals surface area contributed by atoms with Crippen LogP contribution in [0.25, 0.3) is 0 Å². The number of carbonyl (C=O) groups excluding carboxylic acids is 2. The van der Waals surface area contributed by atoms with Crippen molar-refractivity contribution in [2.24, 2.45) is 0 Å². The Morgan fingerprint density at radius 3 is 2.41 bits per heavy atom. The maximum atomic E-state index is 13.3. The molecular weight excluding hydrogens is 426 g/mol. The molecule has 0 aliphatic heterocycles. The molecular formula is C19H17BrF2O5. The van der Waals surface area contributed by atoms with E-state index in [1.54, 1.807) is 6.92 Å². The third kappa shape index (κ3) is 4.82. The minimum Gasteiger partial charge on any atom is -0.493 e. The SMILES string of the molecule is CCOc1c(Br)cc(C(=O)OC(C)C(=O)c2ccc(F)c(F)c2)cc1OC. The van der Waals surface area contributed by atoms with Gasteiger partial charge in [0, 0.05) is 5.56 Å². The highest BCUT2D eigenvalue weighted by atomic mass is 79.9. The molecule has 0 fully saturated rings. The van der Waals surface area contributed by atoms with Gasteiger partial charge in [-0.25, -0.2) is 13.6 Å². The molecule has 0 radical (unpaired) electrons. The Balaban J connectivity index is 2.19. The van der Waals surface area contributed by atoms with E-state index in [9.17, 15) is 18.4 Å². The van der Waals surface area contributed by atoms with Gasteiger partial charge < -0.3 is 14.2 Å². The smallest absolute Gasteiger partial charge is 0.339 e. The number of methoxy groups -OCH3 is 1. The highest BCUT2D eigenvalue weighted by Gasteiger charge is 2.23. The van der Waals surface area contributed by atoms with E-state index in [-0.39, 0.29) is 11.1 Å². The van der Waals surface area contributed by atoms with Gasteiger partial charge in [0.15, 0.2) is 29.2 Å². The number of ether oxygens (including phenoxy) is 3. The summed E-state index contributed by atoms with van der Waals surface area (Å²) in [5.41, 5.74) is 0.0340. The molecule has 2 aromatic carbocycles. The van der Waals surface area contributed by atoms with Crippen LogP contribution in [-0.2, 0) is 4.74 Å². The fourth-order valence-electron chi connectivity index (χ4n) is 2.29. The first-order chi connectivity index (χ1) is 12.8. The van der Waals surface area contributed by atoms with Crippen LogP contribution in [-0.4, -0.2) is 31.6 Å². The summed E-state index contributed by atoms with van der Waals surface area (Å²) in [6.45, 7) is 3.56. The van der Waals surface area contributed by atoms with Gasteiger partial charge in [-0.3, -0.25) is 4.79 Å². The molecule has 8 heteroatoms. The van der Waals surface area contributed by atoms with Crippen molar-refractivity contribution >= 4 is 27.7 Å². The zero-order valence-electron chi connectivity index (χ0n) is 14.8. The summed E-state index contributed by atoms with van der Waals surface area (Å²) >= 11 is 3.30. The van der Waals surface area contributed by atoms with Crippen molar-refractivity contribution in [3.8, 4) is 11.5 Å². The van der Waals surface area contributed by atoms with Crippen LogP contribution in [0, 0.1) is 11.6 Å². The molecule has 0 aliphatic rings. The lowest BCUT2D eigenvalue weighted by molar-refractivity contribution is 0.0318. The van der Waals surface area contributed by atoms with Crippen LogP contribution < -0.4 is 9.47 Å². The van der Waals surface area contributed by atoms with Crippen molar-refractivity contribution in [1.29, 1.82) is 0 Å². The van der Waals surface area contributed by atoms with E-state index in [1.165, 1.54) is 26.2 Å². The predicted molar refractivity (Wildman–Crippen MR) is 97.4 cm³/mol. The van der Waals surface area contributed by atoms with Gasteiger partial charge in [-0.15, -0.1) is 0 Å². The predicted octanol–water partition coefficient (Wildman–Crippen LogP) is 4.56. The van der Waals surface area contributed by atoms with Gasteiger partial charge in [0.2, 0.25) is 5.78 Å². The van der Waals surface area contributed by atoms with Crippen LogP contribution in [0.3, 0.4) is 0 Å². The summed E-state index contributed by atoms with van der Waals surface area (Å²) in [5, 5.41) is 0. The summed E-state index contributed by atoms with van der Waals surface area (Å²) in [5.74, 6) is -2.90. The Bertz CT molecular complexity index is 869. The zero-order chi connectivity index (χ0) is 20.1. The summed E-state index contributed by atoms with van der Waals surface area (Å²) < 4.78 is 42.6. The zero-order valence-corrected chi connectivity index (χ0v) is 16.4. The average Bonchev–Trinajstić information content (AvgIpc) is 2.64. The Morgan fingerprint density at radius 1 is 1.11 bits per heavy atom. The molecule has 2 aromatic rings. The second-order valence-corrected chi connectivity index (χ2v) is 6.32. The number of ketones is 1. The Hall–Kier alpha value is -2.48. The number of halogens is 3. The monoisotopic (exact) mass is 442 g/mol. The lowest BCUT2D eigenvalue weighted by atomic mass is 10.1. The van der Waals surface area contributed by atoms with E-state index >= 15 is 0 Å². The minimum absolute atomic E-state index is 0.0975. The third-order valence-electron chi connectivity index (χ3n) is 3.61. The van der Waals surface area contributed by atoms with Gasteiger partial charge in [-0.1, -0.05) is 0 Å². The fraction of sp³-hybridized carbons (Fsp3) is 0.263. The Labute approximate surface area is 163 Å². The lowest BCUT2D eigenvalue weighted by Crippen LogP contribution is -2.24. The van der Waals surface area contributed by atoms with Crippen LogP contribution in [0.4, 0.5) is 8.78 Å². The first-order valence-corrected chi connectivity index (χ1v) is 8.78. The molecule has 0 heterocycles. The fourth-order valence-corrected chi connectivity index (χ4v) is 2.84. The average molecular weight is 443 g/mol. The molecule has 1 atom stereocenters. The standard InChI is InChI=1S/C19H17BrF2O5/c1-4-26-18-13(20)7-12(9-16(18)25-3)19(24)27-10(2)17(23)11-5-6-14(21)15(22)8-11/h5-10H,4H2,1-3H3. The highest BCUT2D eigenvalue weighted by molar-refractivity contribution is 9.10. The van der Waals surface area contributed by atoms with E-state index in [0.29, 0.717) is 22.6 Å². The molecule has 27 heavy (non-hydrogen) atoms. The van der Waals surface area contributed by atoms with Crippen LogP contribution >= 0.6 is 15.9 Å². The number of esters is 1. The van der Waals surface area contributed by atoms with Gasteiger partial charge in [0.05, 0.1) is 23.8 Å². The quantitative estimate of drug-likeness (QED) is 0.464. The normalized spacial score (nSPS) is 11.6. The lowest BCUT2D eigenvalue weighted by Gasteiger charge is -2.15. The number of hydrogen-bond acceptors (Lipinski definition) is 5. The molecule has 0 amide bonds. The van der Waals surface area contributed by atoms with E-state index < -0.39 is 29.5 Å². The molecule has 5 nitrogen and oxygen atoms in total. The molecule has 144 valence electrons. The van der Waals surface area contributed by atoms with E-state index in [4.69, 9.17) is 14.2 Å². The number of carbonyl (C=O) groups is 2. The molecule has 0 bridgehead atoms. The Kier molecular flexibility index (Phi) is 6.90. The maximum absolute atomic E-state index is 13.3. The topological polar surface area (TPSA) is 61.8 Å². The second-order valence-electron chi connectivity index (χ2n) is 5.46. The summed E-state index contributed by atoms with van der Waals surface area (Å²) in [6.07, 6.45) is -1.20. The van der Waals surface area contributed by atoms with Crippen molar-refractivity contribution in [2.75, 3.05) is 13.7 Å². The van der Waals surface area contributed by atoms with Gasteiger partial charge in [0.25, 0.3) is 0 Å². The van der Waals surface area contributed by atoms with Crippen LogP contribution in [0.5, 0.6) is 11.5 Å². The first-order valence-electron chi connectivity index (χ1n) is 7.99. The van der Waals surface area contributed by atoms with Crippen molar-refractivity contribution in [3.05, 3.63) is 57.6 Å². The summed E-state index contributed by atoms with van der Waals surface area (Å²) in [7, 11) is 1.43. The summed E-state index contributed by atoms with van der Waals surface area (Å²) in [4.78, 5) is 24.7. The molecule has 0 aliphatic carbocycles. The minimum atomic E-state index is -1.20. The Morgan fingerprint density at radius 2 is 1.81 bits per heavy atom. The number of hydrogen-bond donors (Lipinski definition) is 0. The molecule has 0 spiro atoms. The van der Waals surface area contributed by atoms with E-state index in [1.807, 2.05) is 0 Å². The van der Waals surface area contributed by atoms with Crippen LogP contribution in [0.2, 0.25) is 0 Å².